The molecular formula is C27H19Cl6N5O3S3. The number of thiocarbonyl (C=S) groups is 1. The summed E-state index contributed by atoms with van der Waals surface area (Å²) in [5.74, 6) is -1.07. The van der Waals surface area contributed by atoms with E-state index in [-0.39, 0.29) is 35.6 Å². The molecule has 2 aliphatic heterocycles. The van der Waals surface area contributed by atoms with Gasteiger partial charge in [-0.1, -0.05) is 124 Å². The number of carbonyl (C=O) groups is 2. The Hall–Kier alpha value is -1.54. The van der Waals surface area contributed by atoms with Gasteiger partial charge in [-0.05, 0) is 43.7 Å². The molecule has 5 rings (SSSR count). The zero-order valence-electron chi connectivity index (χ0n) is 22.6. The van der Waals surface area contributed by atoms with Crippen molar-refractivity contribution in [3.8, 4) is 11.4 Å². The fraction of sp³-hybridized carbons (Fsp3) is 0.259. The number of thioether (sulfide) groups is 2. The highest BCUT2D eigenvalue weighted by Gasteiger charge is 2.39. The summed E-state index contributed by atoms with van der Waals surface area (Å²) >= 11 is 44.0. The third-order valence-electron chi connectivity index (χ3n) is 6.29. The molecule has 2 aliphatic rings. The average Bonchev–Trinajstić information content (AvgIpc) is 3.46. The van der Waals surface area contributed by atoms with E-state index in [2.05, 4.69) is 21.0 Å². The van der Waals surface area contributed by atoms with Gasteiger partial charge in [-0.15, -0.1) is 0 Å². The van der Waals surface area contributed by atoms with Gasteiger partial charge < -0.3 is 9.64 Å². The van der Waals surface area contributed by atoms with Crippen LogP contribution in [0.4, 0.5) is 5.69 Å². The van der Waals surface area contributed by atoms with E-state index in [1.165, 1.54) is 35.7 Å². The number of benzene rings is 2. The highest BCUT2D eigenvalue weighted by molar-refractivity contribution is 8.27. The molecule has 2 aromatic carbocycles. The number of halogens is 6. The fourth-order valence-electron chi connectivity index (χ4n) is 4.21. The van der Waals surface area contributed by atoms with Crippen LogP contribution in [0.3, 0.4) is 0 Å². The molecule has 3 aromatic rings. The first-order valence-electron chi connectivity index (χ1n) is 12.7. The van der Waals surface area contributed by atoms with Gasteiger partial charge in [0.1, 0.15) is 20.9 Å². The summed E-state index contributed by atoms with van der Waals surface area (Å²) in [7, 11) is 0. The molecule has 0 bridgehead atoms. The molecule has 0 N–H and O–H groups in total. The Morgan fingerprint density at radius 1 is 0.932 bits per heavy atom. The van der Waals surface area contributed by atoms with Crippen LogP contribution in [0.25, 0.3) is 11.4 Å². The van der Waals surface area contributed by atoms with Crippen LogP contribution in [0, 0.1) is 6.92 Å². The lowest BCUT2D eigenvalue weighted by Gasteiger charge is -2.21. The molecule has 0 spiro atoms. The second-order valence-electron chi connectivity index (χ2n) is 9.29. The van der Waals surface area contributed by atoms with Gasteiger partial charge in [0.25, 0.3) is 5.91 Å². The Labute approximate surface area is 296 Å². The van der Waals surface area contributed by atoms with Crippen molar-refractivity contribution in [2.75, 3.05) is 24.6 Å². The van der Waals surface area contributed by atoms with E-state index in [1.807, 2.05) is 30.9 Å². The highest BCUT2D eigenvalue weighted by atomic mass is 35.6. The van der Waals surface area contributed by atoms with Gasteiger partial charge >= 0.3 is 5.97 Å². The summed E-state index contributed by atoms with van der Waals surface area (Å²) in [6.07, 6.45) is 0. The standard InChI is InChI=1S/C27H19Cl6N5O3S3/c1-3-37-20(39)18(44-25(37)42)21-38(16-9-4-13(2)12-17(16)43-21)10-11-41-22(40)15-7-5-14(6-8-15)19-34-23(26(28,29)30)36-24(35-19)27(31,32)33/h4-9,12H,3,10-11H2,1-2H3/b21-18-. The fourth-order valence-corrected chi connectivity index (χ4v) is 7.54. The van der Waals surface area contributed by atoms with E-state index in [4.69, 9.17) is 86.6 Å². The number of hydrogen-bond acceptors (Lipinski definition) is 10. The van der Waals surface area contributed by atoms with Crippen LogP contribution in [-0.4, -0.2) is 55.7 Å². The largest absolute Gasteiger partial charge is 0.460 e. The van der Waals surface area contributed by atoms with Crippen molar-refractivity contribution in [3.05, 3.63) is 75.2 Å². The van der Waals surface area contributed by atoms with Crippen molar-refractivity contribution in [1.29, 1.82) is 0 Å². The lowest BCUT2D eigenvalue weighted by molar-refractivity contribution is -0.122. The number of anilines is 1. The topological polar surface area (TPSA) is 88.5 Å². The monoisotopic (exact) mass is 767 g/mol. The zero-order valence-corrected chi connectivity index (χ0v) is 29.6. The second-order valence-corrected chi connectivity index (χ2v) is 16.5. The van der Waals surface area contributed by atoms with Crippen molar-refractivity contribution >= 4 is 127 Å². The summed E-state index contributed by atoms with van der Waals surface area (Å²) in [5, 5.41) is 0.764. The number of likely N-dealkylation sites (N-methyl/N-ethyl adjacent to an activating group) is 1. The molecule has 44 heavy (non-hydrogen) atoms. The molecular weight excluding hydrogens is 751 g/mol. The van der Waals surface area contributed by atoms with Crippen molar-refractivity contribution in [2.45, 2.75) is 26.3 Å². The summed E-state index contributed by atoms with van der Waals surface area (Å²) in [5.41, 5.74) is 2.75. The van der Waals surface area contributed by atoms with Gasteiger partial charge in [-0.2, -0.15) is 0 Å². The summed E-state index contributed by atoms with van der Waals surface area (Å²) in [6, 6.07) is 12.3. The number of hydrogen-bond donors (Lipinski definition) is 0. The van der Waals surface area contributed by atoms with Gasteiger partial charge in [-0.25, -0.2) is 19.7 Å². The third-order valence-corrected chi connectivity index (χ3v) is 10.0. The molecule has 8 nitrogen and oxygen atoms in total. The minimum Gasteiger partial charge on any atom is -0.460 e. The van der Waals surface area contributed by atoms with Crippen molar-refractivity contribution < 1.29 is 14.3 Å². The third kappa shape index (κ3) is 7.21. The molecule has 3 heterocycles. The van der Waals surface area contributed by atoms with Gasteiger partial charge in [0.05, 0.1) is 17.8 Å². The molecule has 1 fully saturated rings. The molecule has 1 saturated heterocycles. The number of fused-ring (bicyclic) bond motifs is 1. The van der Waals surface area contributed by atoms with Crippen molar-refractivity contribution in [2.24, 2.45) is 0 Å². The Bertz CT molecular complexity index is 1660. The van der Waals surface area contributed by atoms with Crippen LogP contribution >= 0.6 is 105 Å². The Morgan fingerprint density at radius 3 is 2.14 bits per heavy atom. The van der Waals surface area contributed by atoms with Gasteiger partial charge in [0.15, 0.2) is 17.5 Å². The normalized spacial score (nSPS) is 17.0. The molecule has 1 aromatic heterocycles. The van der Waals surface area contributed by atoms with E-state index in [0.717, 1.165) is 21.2 Å². The maximum atomic E-state index is 13.1. The number of aromatic nitrogens is 3. The number of nitrogens with zero attached hydrogens (tertiary/aromatic N) is 5. The molecule has 0 radical (unpaired) electrons. The van der Waals surface area contributed by atoms with Gasteiger partial charge in [0, 0.05) is 17.0 Å². The SMILES string of the molecule is CCN1C(=O)/C(=C2/Sc3cc(C)ccc3N2CCOC(=O)c2ccc(-c3nc(C(Cl)(Cl)Cl)nc(C(Cl)(Cl)Cl)n3)cc2)SC1=S. The van der Waals surface area contributed by atoms with Crippen LogP contribution in [-0.2, 0) is 17.1 Å². The Kier molecular flexibility index (Phi) is 10.2. The van der Waals surface area contributed by atoms with Gasteiger partial charge in [-0.3, -0.25) is 9.69 Å². The lowest BCUT2D eigenvalue weighted by atomic mass is 10.1. The van der Waals surface area contributed by atoms with E-state index in [1.54, 1.807) is 17.0 Å². The first kappa shape index (κ1) is 33.8. The quantitative estimate of drug-likeness (QED) is 0.106. The van der Waals surface area contributed by atoms with Gasteiger partial charge in [0.2, 0.25) is 7.59 Å². The zero-order chi connectivity index (χ0) is 32.0. The first-order chi connectivity index (χ1) is 20.7. The van der Waals surface area contributed by atoms with E-state index < -0.39 is 13.6 Å². The van der Waals surface area contributed by atoms with Crippen LogP contribution in [0.15, 0.2) is 57.3 Å². The minimum atomic E-state index is -2.00. The number of carbonyl (C=O) groups excluding carboxylic acids is 2. The summed E-state index contributed by atoms with van der Waals surface area (Å²) < 4.78 is 2.14. The molecule has 1 amide bonds. The molecule has 0 saturated carbocycles. The highest BCUT2D eigenvalue weighted by Crippen LogP contribution is 2.51. The molecule has 0 aliphatic carbocycles. The predicted octanol–water partition coefficient (Wildman–Crippen LogP) is 8.32. The Morgan fingerprint density at radius 2 is 1.57 bits per heavy atom. The van der Waals surface area contributed by atoms with E-state index >= 15 is 0 Å². The number of aryl methyl sites for hydroxylation is 1. The molecule has 0 unspecified atom stereocenters. The first-order valence-corrected chi connectivity index (χ1v) is 17.0. The maximum Gasteiger partial charge on any atom is 0.338 e. The number of esters is 1. The number of alkyl halides is 6. The smallest absolute Gasteiger partial charge is 0.338 e. The predicted molar refractivity (Wildman–Crippen MR) is 183 cm³/mol. The van der Waals surface area contributed by atoms with Crippen molar-refractivity contribution in [1.82, 2.24) is 19.9 Å². The number of amides is 1. The average molecular weight is 770 g/mol. The molecule has 0 atom stereocenters. The van der Waals surface area contributed by atoms with E-state index in [0.29, 0.717) is 27.9 Å². The van der Waals surface area contributed by atoms with Crippen LogP contribution in [0.2, 0.25) is 0 Å². The molecule has 230 valence electrons. The van der Waals surface area contributed by atoms with Crippen LogP contribution in [0.5, 0.6) is 0 Å². The second kappa shape index (κ2) is 13.3. The molecule has 17 heteroatoms. The maximum absolute atomic E-state index is 13.1. The lowest BCUT2D eigenvalue weighted by Crippen LogP contribution is -2.29. The van der Waals surface area contributed by atoms with Crippen molar-refractivity contribution in [3.63, 3.8) is 0 Å². The summed E-state index contributed by atoms with van der Waals surface area (Å²) in [6.45, 7) is 4.76. The Balaban J connectivity index is 1.32. The van der Waals surface area contributed by atoms with Crippen LogP contribution in [0.1, 0.15) is 34.5 Å². The van der Waals surface area contributed by atoms with E-state index in [9.17, 15) is 9.59 Å². The summed E-state index contributed by atoms with van der Waals surface area (Å²) in [4.78, 5) is 43.5. The number of rotatable bonds is 6. The van der Waals surface area contributed by atoms with Crippen LogP contribution < -0.4 is 4.90 Å². The minimum absolute atomic E-state index is 0.0543. The number of ether oxygens (including phenoxy) is 1.